The van der Waals surface area contributed by atoms with E-state index in [0.717, 1.165) is 0 Å². The Morgan fingerprint density at radius 3 is 2.37 bits per heavy atom. The molecule has 1 nitrogen and oxygen atoms in total. The molecular weight excluding hydrogens is 246 g/mol. The predicted octanol–water partition coefficient (Wildman–Crippen LogP) is 5.45. The number of hydrogen-bond acceptors (Lipinski definition) is 0. The summed E-state index contributed by atoms with van der Waals surface area (Å²) in [4.78, 5) is 0. The van der Waals surface area contributed by atoms with Crippen molar-refractivity contribution in [3.05, 3.63) is 42.1 Å². The highest BCUT2D eigenvalue weighted by molar-refractivity contribution is 6.79. The quantitative estimate of drug-likeness (QED) is 0.640. The summed E-state index contributed by atoms with van der Waals surface area (Å²) in [7, 11) is -1.62. The van der Waals surface area contributed by atoms with Crippen molar-refractivity contribution in [2.45, 2.75) is 45.8 Å². The first kappa shape index (κ1) is 14.1. The molecule has 0 aliphatic carbocycles. The highest BCUT2D eigenvalue weighted by Gasteiger charge is 2.39. The van der Waals surface area contributed by atoms with Gasteiger partial charge in [0.15, 0.2) is 8.24 Å². The Morgan fingerprint density at radius 2 is 1.84 bits per heavy atom. The molecule has 0 saturated carbocycles. The van der Waals surface area contributed by atoms with Gasteiger partial charge < -0.3 is 4.23 Å². The number of hydrogen-bond donors (Lipinski definition) is 0. The maximum Gasteiger partial charge on any atom is 0.161 e. The Balaban J connectivity index is 2.87. The van der Waals surface area contributed by atoms with Crippen LogP contribution in [-0.4, -0.2) is 12.5 Å². The van der Waals surface area contributed by atoms with Crippen LogP contribution in [0.15, 0.2) is 30.8 Å². The van der Waals surface area contributed by atoms with Crippen molar-refractivity contribution >= 4 is 25.2 Å². The first-order valence-electron chi connectivity index (χ1n) is 6.94. The fourth-order valence-corrected chi connectivity index (χ4v) is 5.08. The molecule has 0 spiro atoms. The van der Waals surface area contributed by atoms with Crippen molar-refractivity contribution in [2.75, 3.05) is 0 Å². The zero-order valence-electron chi connectivity index (χ0n) is 13.0. The van der Waals surface area contributed by atoms with Crippen molar-refractivity contribution in [3.8, 4) is 0 Å². The summed E-state index contributed by atoms with van der Waals surface area (Å²) in [6.07, 6.45) is 1.98. The van der Waals surface area contributed by atoms with Crippen molar-refractivity contribution in [2.24, 2.45) is 0 Å². The molecule has 0 fully saturated rings. The number of aryl methyl sites for hydroxylation is 1. The van der Waals surface area contributed by atoms with E-state index in [9.17, 15) is 0 Å². The molecule has 0 amide bonds. The Labute approximate surface area is 118 Å². The molecule has 1 heterocycles. The van der Waals surface area contributed by atoms with Gasteiger partial charge in [-0.2, -0.15) is 0 Å². The van der Waals surface area contributed by atoms with Crippen molar-refractivity contribution in [1.29, 1.82) is 0 Å². The molecule has 2 aromatic rings. The van der Waals surface area contributed by atoms with Crippen LogP contribution in [0.25, 0.3) is 17.0 Å². The summed E-state index contributed by atoms with van der Waals surface area (Å²) < 4.78 is 2.61. The average Bonchev–Trinajstić information content (AvgIpc) is 2.63. The summed E-state index contributed by atoms with van der Waals surface area (Å²) in [5, 5.41) is 1.65. The highest BCUT2D eigenvalue weighted by atomic mass is 28.3. The van der Waals surface area contributed by atoms with Crippen LogP contribution in [0.3, 0.4) is 0 Å². The molecule has 19 heavy (non-hydrogen) atoms. The molecular formula is C17H25NSi. The van der Waals surface area contributed by atoms with E-state index in [-0.39, 0.29) is 0 Å². The minimum absolute atomic E-state index is 0.317. The van der Waals surface area contributed by atoms with Crippen LogP contribution in [0.5, 0.6) is 0 Å². The third-order valence-electron chi connectivity index (χ3n) is 4.65. The van der Waals surface area contributed by atoms with E-state index in [1.807, 2.05) is 6.08 Å². The van der Waals surface area contributed by atoms with E-state index in [0.29, 0.717) is 5.04 Å². The summed E-state index contributed by atoms with van der Waals surface area (Å²) in [5.74, 6) is 0. The number of aromatic nitrogens is 1. The maximum absolute atomic E-state index is 3.98. The van der Waals surface area contributed by atoms with Crippen LogP contribution in [0, 0.1) is 6.92 Å². The van der Waals surface area contributed by atoms with Gasteiger partial charge in [0.2, 0.25) is 0 Å². The zero-order valence-corrected chi connectivity index (χ0v) is 14.0. The van der Waals surface area contributed by atoms with Gasteiger partial charge in [-0.25, -0.2) is 0 Å². The molecule has 102 valence electrons. The van der Waals surface area contributed by atoms with Crippen LogP contribution in [0.2, 0.25) is 18.1 Å². The Hall–Kier alpha value is -1.28. The van der Waals surface area contributed by atoms with Gasteiger partial charge in [-0.1, -0.05) is 64.7 Å². The van der Waals surface area contributed by atoms with Gasteiger partial charge in [0.1, 0.15) is 0 Å². The van der Waals surface area contributed by atoms with Crippen molar-refractivity contribution in [3.63, 3.8) is 0 Å². The molecule has 0 N–H and O–H groups in total. The van der Waals surface area contributed by atoms with Crippen LogP contribution in [0.4, 0.5) is 0 Å². The van der Waals surface area contributed by atoms with Crippen molar-refractivity contribution in [1.82, 2.24) is 4.23 Å². The molecule has 0 unspecified atom stereocenters. The standard InChI is InChI=1S/C17H25NSi/c1-8-14-10-9-11-15-12-13(2)18(16(14)15)19(6,7)17(3,4)5/h8-12H,1H2,2-7H3. The van der Waals surface area contributed by atoms with E-state index in [1.54, 1.807) is 0 Å². The van der Waals surface area contributed by atoms with E-state index in [4.69, 9.17) is 0 Å². The lowest BCUT2D eigenvalue weighted by Crippen LogP contribution is -2.46. The first-order valence-corrected chi connectivity index (χ1v) is 9.89. The zero-order chi connectivity index (χ0) is 14.4. The molecule has 0 bridgehead atoms. The third-order valence-corrected chi connectivity index (χ3v) is 10.0. The smallest absolute Gasteiger partial charge is 0.161 e. The molecule has 0 atom stereocenters. The van der Waals surface area contributed by atoms with Gasteiger partial charge in [-0.05, 0) is 29.0 Å². The second-order valence-corrected chi connectivity index (χ2v) is 12.0. The number of benzene rings is 1. The number of para-hydroxylation sites is 1. The number of fused-ring (bicyclic) bond motifs is 1. The van der Waals surface area contributed by atoms with Gasteiger partial charge in [0.05, 0.1) is 0 Å². The second-order valence-electron chi connectivity index (χ2n) is 6.92. The lowest BCUT2D eigenvalue weighted by molar-refractivity contribution is 0.700. The minimum atomic E-state index is -1.62. The van der Waals surface area contributed by atoms with Crippen LogP contribution < -0.4 is 0 Å². The molecule has 2 rings (SSSR count). The molecule has 2 heteroatoms. The predicted molar refractivity (Wildman–Crippen MR) is 89.4 cm³/mol. The third kappa shape index (κ3) is 2.08. The Kier molecular flexibility index (Phi) is 3.26. The number of nitrogens with zero attached hydrogens (tertiary/aromatic N) is 1. The molecule has 1 aromatic carbocycles. The van der Waals surface area contributed by atoms with E-state index in [1.165, 1.54) is 22.2 Å². The van der Waals surface area contributed by atoms with Crippen LogP contribution in [0.1, 0.15) is 32.0 Å². The summed E-state index contributed by atoms with van der Waals surface area (Å²) >= 11 is 0. The normalized spacial score (nSPS) is 12.9. The molecule has 0 aliphatic heterocycles. The Morgan fingerprint density at radius 1 is 1.21 bits per heavy atom. The van der Waals surface area contributed by atoms with Crippen molar-refractivity contribution < 1.29 is 0 Å². The summed E-state index contributed by atoms with van der Waals surface area (Å²) in [6.45, 7) is 18.2. The summed E-state index contributed by atoms with van der Waals surface area (Å²) in [6, 6.07) is 8.80. The van der Waals surface area contributed by atoms with E-state index < -0.39 is 8.24 Å². The average molecular weight is 271 g/mol. The van der Waals surface area contributed by atoms with Crippen LogP contribution >= 0.6 is 0 Å². The van der Waals surface area contributed by atoms with Crippen LogP contribution in [-0.2, 0) is 0 Å². The highest BCUT2D eigenvalue weighted by Crippen LogP contribution is 2.40. The molecule has 0 aliphatic rings. The van der Waals surface area contributed by atoms with Gasteiger partial charge in [0, 0.05) is 11.2 Å². The van der Waals surface area contributed by atoms with E-state index in [2.05, 4.69) is 75.9 Å². The topological polar surface area (TPSA) is 4.93 Å². The molecule has 0 radical (unpaired) electrons. The fraction of sp³-hybridized carbons (Fsp3) is 0.412. The molecule has 0 saturated heterocycles. The van der Waals surface area contributed by atoms with Gasteiger partial charge >= 0.3 is 0 Å². The summed E-state index contributed by atoms with van der Waals surface area (Å²) in [5.41, 5.74) is 3.98. The van der Waals surface area contributed by atoms with Gasteiger partial charge in [-0.15, -0.1) is 0 Å². The van der Waals surface area contributed by atoms with Gasteiger partial charge in [-0.3, -0.25) is 0 Å². The largest absolute Gasteiger partial charge is 0.371 e. The Bertz CT molecular complexity index is 626. The van der Waals surface area contributed by atoms with E-state index >= 15 is 0 Å². The SMILES string of the molecule is C=Cc1cccc2cc(C)n([Si](C)(C)C(C)(C)C)c12. The lowest BCUT2D eigenvalue weighted by atomic mass is 10.1. The lowest BCUT2D eigenvalue weighted by Gasteiger charge is -2.39. The molecule has 1 aromatic heterocycles. The fourth-order valence-electron chi connectivity index (χ4n) is 2.64. The van der Waals surface area contributed by atoms with Gasteiger partial charge in [0.25, 0.3) is 0 Å². The number of rotatable bonds is 2. The second kappa shape index (κ2) is 4.38. The minimum Gasteiger partial charge on any atom is -0.371 e. The maximum atomic E-state index is 3.98. The first-order chi connectivity index (χ1) is 8.70. The monoisotopic (exact) mass is 271 g/mol.